The van der Waals surface area contributed by atoms with Gasteiger partial charge in [0.15, 0.2) is 0 Å². The van der Waals surface area contributed by atoms with Gasteiger partial charge in [-0.3, -0.25) is 10.1 Å². The van der Waals surface area contributed by atoms with E-state index in [1.807, 2.05) is 12.1 Å². The Labute approximate surface area is 110 Å². The van der Waals surface area contributed by atoms with Crippen molar-refractivity contribution in [1.82, 2.24) is 0 Å². The summed E-state index contributed by atoms with van der Waals surface area (Å²) in [6, 6.07) is 8.28. The maximum absolute atomic E-state index is 10.7. The molecule has 1 aromatic carbocycles. The predicted octanol–water partition coefficient (Wildman–Crippen LogP) is 3.09. The first-order valence-electron chi connectivity index (χ1n) is 5.99. The number of nitrogens with zero attached hydrogens (tertiary/aromatic N) is 1. The number of benzene rings is 1. The van der Waals surface area contributed by atoms with Crippen LogP contribution >= 0.6 is 0 Å². The number of rotatable bonds is 4. The molecule has 100 valence electrons. The van der Waals surface area contributed by atoms with Crippen LogP contribution in [0.4, 0.5) is 5.69 Å². The van der Waals surface area contributed by atoms with Crippen LogP contribution in [0.1, 0.15) is 18.2 Å². The molecule has 0 aliphatic rings. The average molecular weight is 261 g/mol. The van der Waals surface area contributed by atoms with Crippen molar-refractivity contribution in [2.75, 3.05) is 0 Å². The third-order valence-corrected chi connectivity index (χ3v) is 2.84. The van der Waals surface area contributed by atoms with Gasteiger partial charge in [0.05, 0.1) is 11.0 Å². The van der Waals surface area contributed by atoms with E-state index >= 15 is 0 Å². The van der Waals surface area contributed by atoms with E-state index in [4.69, 9.17) is 4.42 Å². The number of aliphatic hydroxyl groups excluding tert-OH is 1. The molecule has 1 heterocycles. The van der Waals surface area contributed by atoms with Crippen molar-refractivity contribution in [2.24, 2.45) is 0 Å². The van der Waals surface area contributed by atoms with Crippen LogP contribution in [0.5, 0.6) is 0 Å². The standard InChI is InChI=1S/C14H15NO4/c1-9-7-11(15(17)18)3-5-13(9)14-6-4-12(19-14)8-10(2)16/h3-7,10,16H,8H2,1-2H3. The van der Waals surface area contributed by atoms with E-state index < -0.39 is 11.0 Å². The Kier molecular flexibility index (Phi) is 3.66. The van der Waals surface area contributed by atoms with E-state index in [0.717, 1.165) is 11.1 Å². The molecule has 0 spiro atoms. The number of aliphatic hydroxyl groups is 1. The van der Waals surface area contributed by atoms with Crippen molar-refractivity contribution in [3.63, 3.8) is 0 Å². The van der Waals surface area contributed by atoms with Crippen LogP contribution in [0.3, 0.4) is 0 Å². The molecule has 0 saturated heterocycles. The van der Waals surface area contributed by atoms with E-state index in [-0.39, 0.29) is 5.69 Å². The second-order valence-electron chi connectivity index (χ2n) is 4.58. The maximum Gasteiger partial charge on any atom is 0.269 e. The molecule has 0 aliphatic carbocycles. The van der Waals surface area contributed by atoms with Gasteiger partial charge < -0.3 is 9.52 Å². The average Bonchev–Trinajstić information content (AvgIpc) is 2.76. The highest BCUT2D eigenvalue weighted by molar-refractivity contribution is 5.64. The molecule has 1 N–H and O–H groups in total. The Bertz CT molecular complexity index is 601. The van der Waals surface area contributed by atoms with Gasteiger partial charge in [-0.15, -0.1) is 0 Å². The van der Waals surface area contributed by atoms with Crippen molar-refractivity contribution in [3.8, 4) is 11.3 Å². The fraction of sp³-hybridized carbons (Fsp3) is 0.286. The Morgan fingerprint density at radius 1 is 1.37 bits per heavy atom. The summed E-state index contributed by atoms with van der Waals surface area (Å²) in [6.45, 7) is 3.50. The Morgan fingerprint density at radius 2 is 2.11 bits per heavy atom. The van der Waals surface area contributed by atoms with Gasteiger partial charge in [0.25, 0.3) is 5.69 Å². The molecular weight excluding hydrogens is 246 g/mol. The second-order valence-corrected chi connectivity index (χ2v) is 4.58. The first kappa shape index (κ1) is 13.3. The maximum atomic E-state index is 10.7. The zero-order valence-corrected chi connectivity index (χ0v) is 10.8. The highest BCUT2D eigenvalue weighted by atomic mass is 16.6. The van der Waals surface area contributed by atoms with Crippen LogP contribution in [0, 0.1) is 17.0 Å². The lowest BCUT2D eigenvalue weighted by Crippen LogP contribution is -2.02. The number of non-ortho nitro benzene ring substituents is 1. The normalized spacial score (nSPS) is 12.4. The van der Waals surface area contributed by atoms with Crippen molar-refractivity contribution >= 4 is 5.69 Å². The van der Waals surface area contributed by atoms with Crippen molar-refractivity contribution in [2.45, 2.75) is 26.4 Å². The number of hydrogen-bond donors (Lipinski definition) is 1. The smallest absolute Gasteiger partial charge is 0.269 e. The first-order chi connectivity index (χ1) is 8.97. The minimum Gasteiger partial charge on any atom is -0.461 e. The number of aryl methyl sites for hydroxylation is 1. The topological polar surface area (TPSA) is 76.5 Å². The van der Waals surface area contributed by atoms with E-state index in [1.54, 1.807) is 19.9 Å². The van der Waals surface area contributed by atoms with Crippen LogP contribution in [-0.2, 0) is 6.42 Å². The van der Waals surface area contributed by atoms with Gasteiger partial charge in [0, 0.05) is 24.1 Å². The van der Waals surface area contributed by atoms with Gasteiger partial charge in [-0.1, -0.05) is 0 Å². The minimum absolute atomic E-state index is 0.0667. The van der Waals surface area contributed by atoms with Gasteiger partial charge in [-0.2, -0.15) is 0 Å². The first-order valence-corrected chi connectivity index (χ1v) is 5.99. The molecular formula is C14H15NO4. The summed E-state index contributed by atoms with van der Waals surface area (Å²) in [7, 11) is 0. The van der Waals surface area contributed by atoms with Crippen molar-refractivity contribution in [3.05, 3.63) is 51.8 Å². The monoisotopic (exact) mass is 261 g/mol. The van der Waals surface area contributed by atoms with Crippen LogP contribution in [0.25, 0.3) is 11.3 Å². The van der Waals surface area contributed by atoms with Gasteiger partial charge in [0.1, 0.15) is 11.5 Å². The van der Waals surface area contributed by atoms with Gasteiger partial charge >= 0.3 is 0 Å². The lowest BCUT2D eigenvalue weighted by Gasteiger charge is -2.03. The summed E-state index contributed by atoms with van der Waals surface area (Å²) in [5.74, 6) is 1.35. The van der Waals surface area contributed by atoms with Crippen LogP contribution in [-0.4, -0.2) is 16.1 Å². The summed E-state index contributed by atoms with van der Waals surface area (Å²) in [5.41, 5.74) is 1.67. The molecule has 0 amide bonds. The molecule has 0 saturated carbocycles. The molecule has 0 aliphatic heterocycles. The molecule has 5 heteroatoms. The molecule has 2 aromatic rings. The molecule has 2 rings (SSSR count). The molecule has 0 bridgehead atoms. The molecule has 1 aromatic heterocycles. The fourth-order valence-electron chi connectivity index (χ4n) is 1.96. The summed E-state index contributed by atoms with van der Waals surface area (Å²) < 4.78 is 5.63. The van der Waals surface area contributed by atoms with Crippen LogP contribution < -0.4 is 0 Å². The lowest BCUT2D eigenvalue weighted by atomic mass is 10.1. The Balaban J connectivity index is 2.31. The Morgan fingerprint density at radius 3 is 2.68 bits per heavy atom. The highest BCUT2D eigenvalue weighted by Gasteiger charge is 2.12. The summed E-state index contributed by atoms with van der Waals surface area (Å²) in [6.07, 6.45) is -0.0107. The Hall–Kier alpha value is -2.14. The number of hydrogen-bond acceptors (Lipinski definition) is 4. The number of furan rings is 1. The number of nitro benzene ring substituents is 1. The summed E-state index contributed by atoms with van der Waals surface area (Å²) in [4.78, 5) is 10.3. The molecule has 0 radical (unpaired) electrons. The summed E-state index contributed by atoms with van der Waals surface area (Å²) >= 11 is 0. The van der Waals surface area contributed by atoms with E-state index in [0.29, 0.717) is 17.9 Å². The third kappa shape index (κ3) is 3.00. The third-order valence-electron chi connectivity index (χ3n) is 2.84. The SMILES string of the molecule is Cc1cc([N+](=O)[O-])ccc1-c1ccc(CC(C)O)o1. The zero-order valence-electron chi connectivity index (χ0n) is 10.8. The fourth-order valence-corrected chi connectivity index (χ4v) is 1.96. The second kappa shape index (κ2) is 5.24. The van der Waals surface area contributed by atoms with E-state index in [2.05, 4.69) is 0 Å². The van der Waals surface area contributed by atoms with E-state index in [9.17, 15) is 15.2 Å². The quantitative estimate of drug-likeness (QED) is 0.677. The van der Waals surface area contributed by atoms with Crippen LogP contribution in [0.2, 0.25) is 0 Å². The van der Waals surface area contributed by atoms with Crippen molar-refractivity contribution in [1.29, 1.82) is 0 Å². The molecule has 19 heavy (non-hydrogen) atoms. The molecule has 0 fully saturated rings. The highest BCUT2D eigenvalue weighted by Crippen LogP contribution is 2.28. The minimum atomic E-state index is -0.461. The number of nitro groups is 1. The molecule has 5 nitrogen and oxygen atoms in total. The largest absolute Gasteiger partial charge is 0.461 e. The van der Waals surface area contributed by atoms with Gasteiger partial charge in [-0.25, -0.2) is 0 Å². The lowest BCUT2D eigenvalue weighted by molar-refractivity contribution is -0.384. The van der Waals surface area contributed by atoms with Gasteiger partial charge in [-0.05, 0) is 37.6 Å². The van der Waals surface area contributed by atoms with Crippen molar-refractivity contribution < 1.29 is 14.4 Å². The molecule has 1 atom stereocenters. The van der Waals surface area contributed by atoms with Gasteiger partial charge in [0.2, 0.25) is 0 Å². The molecule has 1 unspecified atom stereocenters. The zero-order chi connectivity index (χ0) is 14.0. The predicted molar refractivity (Wildman–Crippen MR) is 70.9 cm³/mol. The van der Waals surface area contributed by atoms with Crippen LogP contribution in [0.15, 0.2) is 34.7 Å². The van der Waals surface area contributed by atoms with E-state index in [1.165, 1.54) is 12.1 Å². The summed E-state index contributed by atoms with van der Waals surface area (Å²) in [5, 5.41) is 20.0.